The summed E-state index contributed by atoms with van der Waals surface area (Å²) in [5, 5.41) is 14.5. The van der Waals surface area contributed by atoms with E-state index in [4.69, 9.17) is 14.8 Å². The lowest BCUT2D eigenvalue weighted by Gasteiger charge is -2.23. The molecule has 1 heterocycles. The molecule has 0 fully saturated rings. The van der Waals surface area contributed by atoms with Gasteiger partial charge in [0.25, 0.3) is 5.91 Å². The summed E-state index contributed by atoms with van der Waals surface area (Å²) >= 11 is -0.630. The summed E-state index contributed by atoms with van der Waals surface area (Å²) in [6.45, 7) is 2.45. The van der Waals surface area contributed by atoms with Crippen LogP contribution < -0.4 is 16.1 Å². The van der Waals surface area contributed by atoms with E-state index in [-0.39, 0.29) is 31.0 Å². The van der Waals surface area contributed by atoms with Gasteiger partial charge < -0.3 is 15.7 Å². The first-order chi connectivity index (χ1) is 15.8. The van der Waals surface area contributed by atoms with E-state index in [0.29, 0.717) is 0 Å². The van der Waals surface area contributed by atoms with E-state index in [1.165, 1.54) is 10.1 Å². The number of hydroxylamine groups is 3. The van der Waals surface area contributed by atoms with Crippen LogP contribution in [0.1, 0.15) is 29.8 Å². The lowest BCUT2D eigenvalue weighted by molar-refractivity contribution is -0.119. The Morgan fingerprint density at radius 2 is 1.97 bits per heavy atom. The van der Waals surface area contributed by atoms with Crippen LogP contribution in [0.5, 0.6) is 0 Å². The number of rotatable bonds is 11. The predicted molar refractivity (Wildman–Crippen MR) is 124 cm³/mol. The number of anilines is 1. The van der Waals surface area contributed by atoms with E-state index in [2.05, 4.69) is 10.6 Å². The van der Waals surface area contributed by atoms with E-state index in [0.717, 1.165) is 11.1 Å². The molecule has 182 valence electrons. The molecule has 33 heavy (non-hydrogen) atoms. The summed E-state index contributed by atoms with van der Waals surface area (Å²) in [7, 11) is 0. The Kier molecular flexibility index (Phi) is 10.8. The standard InChI is InChI=1S/C20H24F3IN4O5/c1-3-25-20(31)28(33-4-2)11-12-9-13(19(30)27-32-8-7-29)18(17(23)16(12)22)26-15-5-6-24-10-14(15)21/h5-6,9-10,26,29H,3-4,7-8,11H2,1-2H3,(H,25,31)(H,27,30). The van der Waals surface area contributed by atoms with Crippen molar-refractivity contribution in [3.8, 4) is 0 Å². The first-order valence-corrected chi connectivity index (χ1v) is 12.3. The fourth-order valence-corrected chi connectivity index (χ4v) is 4.03. The highest BCUT2D eigenvalue weighted by molar-refractivity contribution is 14.2. The molecule has 0 aromatic heterocycles. The smallest absolute Gasteiger partial charge is 0.341 e. The summed E-state index contributed by atoms with van der Waals surface area (Å²) < 4.78 is 47.2. The number of aliphatic hydroxyl groups is 1. The zero-order valence-electron chi connectivity index (χ0n) is 17.9. The molecule has 0 saturated heterocycles. The maximum absolute atomic E-state index is 15.1. The molecular weight excluding hydrogens is 560 g/mol. The Hall–Kier alpha value is -2.49. The SMILES string of the molecule is CCNC(=O)N(Cc1cc(C(=O)NOCCO)c(NC2=C(F)C=IC=C2)c(F)c1F)OCC. The van der Waals surface area contributed by atoms with Gasteiger partial charge in [-0.2, -0.15) is 5.06 Å². The van der Waals surface area contributed by atoms with Crippen LogP contribution >= 0.6 is 20.7 Å². The molecule has 13 heteroatoms. The highest BCUT2D eigenvalue weighted by Gasteiger charge is 2.26. The lowest BCUT2D eigenvalue weighted by atomic mass is 10.1. The second-order valence-corrected chi connectivity index (χ2v) is 8.35. The normalized spacial score (nSPS) is 12.9. The van der Waals surface area contributed by atoms with Gasteiger partial charge in [0.1, 0.15) is 0 Å². The van der Waals surface area contributed by atoms with Gasteiger partial charge in [0.05, 0.1) is 43.3 Å². The Bertz CT molecular complexity index is 972. The van der Waals surface area contributed by atoms with Crippen molar-refractivity contribution >= 4 is 42.4 Å². The third-order valence-electron chi connectivity index (χ3n) is 4.02. The van der Waals surface area contributed by atoms with Crippen LogP contribution in [0.2, 0.25) is 0 Å². The zero-order chi connectivity index (χ0) is 24.4. The third kappa shape index (κ3) is 7.25. The highest BCUT2D eigenvalue weighted by atomic mass is 127. The number of carbonyl (C=O) groups is 2. The number of carbonyl (C=O) groups excluding carboxylic acids is 2. The van der Waals surface area contributed by atoms with Gasteiger partial charge in [-0.1, -0.05) is 20.7 Å². The number of amides is 3. The van der Waals surface area contributed by atoms with Gasteiger partial charge in [-0.3, -0.25) is 14.5 Å². The van der Waals surface area contributed by atoms with Crippen molar-refractivity contribution in [1.82, 2.24) is 15.9 Å². The van der Waals surface area contributed by atoms with Gasteiger partial charge in [0.2, 0.25) is 0 Å². The van der Waals surface area contributed by atoms with Crippen LogP contribution in [0, 0.1) is 11.6 Å². The van der Waals surface area contributed by atoms with Crippen LogP contribution in [0.15, 0.2) is 27.7 Å². The van der Waals surface area contributed by atoms with Crippen LogP contribution in [0.3, 0.4) is 0 Å². The maximum Gasteiger partial charge on any atom is 0.341 e. The van der Waals surface area contributed by atoms with Gasteiger partial charge in [-0.15, -0.1) is 0 Å². The summed E-state index contributed by atoms with van der Waals surface area (Å²) in [4.78, 5) is 34.8. The summed E-state index contributed by atoms with van der Waals surface area (Å²) in [5.41, 5.74) is 0.461. The minimum absolute atomic E-state index is 0.0715. The molecule has 3 amide bonds. The van der Waals surface area contributed by atoms with Gasteiger partial charge in [-0.05, 0) is 30.1 Å². The number of benzene rings is 1. The number of urea groups is 1. The average molecular weight is 584 g/mol. The fraction of sp³-hybridized carbons (Fsp3) is 0.350. The first-order valence-electron chi connectivity index (χ1n) is 9.84. The Labute approximate surface area is 198 Å². The topological polar surface area (TPSA) is 112 Å². The Morgan fingerprint density at radius 3 is 2.61 bits per heavy atom. The monoisotopic (exact) mass is 584 g/mol. The summed E-state index contributed by atoms with van der Waals surface area (Å²) in [6.07, 6.45) is 1.38. The molecule has 0 saturated carbocycles. The third-order valence-corrected chi connectivity index (χ3v) is 5.70. The van der Waals surface area contributed by atoms with Crippen molar-refractivity contribution < 1.29 is 37.5 Å². The fourth-order valence-electron chi connectivity index (χ4n) is 2.60. The molecular formula is C20H24F3IN4O5. The van der Waals surface area contributed by atoms with Gasteiger partial charge in [0, 0.05) is 16.1 Å². The zero-order valence-corrected chi connectivity index (χ0v) is 20.0. The van der Waals surface area contributed by atoms with Crippen molar-refractivity contribution in [2.45, 2.75) is 20.4 Å². The van der Waals surface area contributed by atoms with Crippen molar-refractivity contribution in [1.29, 1.82) is 0 Å². The average Bonchev–Trinajstić information content (AvgIpc) is 2.79. The number of nitrogens with one attached hydrogen (secondary N) is 3. The number of aliphatic hydroxyl groups excluding tert-OH is 1. The van der Waals surface area contributed by atoms with E-state index in [1.54, 1.807) is 17.9 Å². The van der Waals surface area contributed by atoms with Crippen LogP contribution in [-0.2, 0) is 16.2 Å². The summed E-state index contributed by atoms with van der Waals surface area (Å²) in [5.74, 6) is -4.45. The van der Waals surface area contributed by atoms with Gasteiger partial charge in [-0.25, -0.2) is 23.4 Å². The molecule has 1 aliphatic heterocycles. The second kappa shape index (κ2) is 13.3. The molecule has 1 aliphatic rings. The van der Waals surface area contributed by atoms with Crippen molar-refractivity contribution in [2.75, 3.05) is 31.7 Å². The van der Waals surface area contributed by atoms with Crippen LogP contribution in [0.25, 0.3) is 0 Å². The minimum Gasteiger partial charge on any atom is -0.394 e. The maximum atomic E-state index is 15.1. The van der Waals surface area contributed by atoms with Crippen molar-refractivity contribution in [3.63, 3.8) is 0 Å². The summed E-state index contributed by atoms with van der Waals surface area (Å²) in [6, 6.07) is 0.322. The quantitative estimate of drug-likeness (QED) is 0.181. The molecule has 0 bridgehead atoms. The lowest BCUT2D eigenvalue weighted by Crippen LogP contribution is -2.39. The molecule has 1 aromatic rings. The molecule has 9 nitrogen and oxygen atoms in total. The largest absolute Gasteiger partial charge is 0.394 e. The second-order valence-electron chi connectivity index (χ2n) is 6.29. The number of allylic oxidation sites excluding steroid dienone is 2. The van der Waals surface area contributed by atoms with Gasteiger partial charge >= 0.3 is 6.03 Å². The van der Waals surface area contributed by atoms with E-state index >= 15 is 4.39 Å². The molecule has 0 spiro atoms. The highest BCUT2D eigenvalue weighted by Crippen LogP contribution is 2.30. The molecule has 4 N–H and O–H groups in total. The van der Waals surface area contributed by atoms with Gasteiger partial charge in [0.15, 0.2) is 17.5 Å². The number of nitrogens with zero attached hydrogens (tertiary/aromatic N) is 1. The van der Waals surface area contributed by atoms with Crippen LogP contribution in [0.4, 0.5) is 23.7 Å². The van der Waals surface area contributed by atoms with E-state index in [9.17, 15) is 18.4 Å². The predicted octanol–water partition coefficient (Wildman–Crippen LogP) is 2.99. The van der Waals surface area contributed by atoms with Crippen molar-refractivity contribution in [2.24, 2.45) is 0 Å². The Morgan fingerprint density at radius 1 is 1.21 bits per heavy atom. The molecule has 0 aliphatic carbocycles. The molecule has 0 atom stereocenters. The molecule has 0 radical (unpaired) electrons. The molecule has 2 rings (SSSR count). The number of hydrogen-bond donors (Lipinski definition) is 4. The van der Waals surface area contributed by atoms with Crippen LogP contribution in [-0.4, -0.2) is 52.5 Å². The van der Waals surface area contributed by atoms with E-state index in [1.807, 2.05) is 5.48 Å². The minimum atomic E-state index is -1.46. The van der Waals surface area contributed by atoms with Crippen molar-refractivity contribution in [3.05, 3.63) is 50.5 Å². The van der Waals surface area contributed by atoms with E-state index < -0.39 is 74.5 Å². The molecule has 1 aromatic carbocycles. The Balaban J connectivity index is 2.50. The number of hydrogen-bond acceptors (Lipinski definition) is 6. The number of halogens is 4. The molecule has 0 unspecified atom stereocenters. The first kappa shape index (κ1) is 26.8.